The van der Waals surface area contributed by atoms with Crippen molar-refractivity contribution < 1.29 is 9.59 Å². The summed E-state index contributed by atoms with van der Waals surface area (Å²) in [4.78, 5) is 25.6. The maximum atomic E-state index is 12.1. The number of amides is 3. The molecule has 1 aliphatic heterocycles. The number of nitrogens with zero attached hydrogens (tertiary/aromatic N) is 1. The Labute approximate surface area is 137 Å². The molecule has 2 N–H and O–H groups in total. The topological polar surface area (TPSA) is 61.4 Å². The molecular weight excluding hydrogens is 290 g/mol. The largest absolute Gasteiger partial charge is 0.343 e. The molecule has 5 nitrogen and oxygen atoms in total. The van der Waals surface area contributed by atoms with Crippen molar-refractivity contribution in [3.8, 4) is 0 Å². The van der Waals surface area contributed by atoms with Crippen LogP contribution in [0.5, 0.6) is 0 Å². The first-order valence-electron chi connectivity index (χ1n) is 8.57. The summed E-state index contributed by atoms with van der Waals surface area (Å²) in [7, 11) is 0. The number of rotatable bonds is 4. The van der Waals surface area contributed by atoms with Gasteiger partial charge >= 0.3 is 6.03 Å². The number of likely N-dealkylation sites (tertiary alicyclic amines) is 1. The second kappa shape index (κ2) is 7.02. The molecule has 3 amide bonds. The van der Waals surface area contributed by atoms with Crippen molar-refractivity contribution in [2.75, 3.05) is 13.1 Å². The molecule has 1 aliphatic carbocycles. The molecule has 0 radical (unpaired) electrons. The molecule has 1 heterocycles. The summed E-state index contributed by atoms with van der Waals surface area (Å²) in [5.41, 5.74) is 1.30. The van der Waals surface area contributed by atoms with Gasteiger partial charge in [-0.05, 0) is 24.8 Å². The van der Waals surface area contributed by atoms with Gasteiger partial charge in [-0.1, -0.05) is 37.3 Å². The summed E-state index contributed by atoms with van der Waals surface area (Å²) < 4.78 is 0. The molecule has 5 heteroatoms. The van der Waals surface area contributed by atoms with Crippen LogP contribution < -0.4 is 10.6 Å². The minimum absolute atomic E-state index is 0.0753. The summed E-state index contributed by atoms with van der Waals surface area (Å²) in [6.07, 6.45) is 3.25. The van der Waals surface area contributed by atoms with Crippen LogP contribution in [0.3, 0.4) is 0 Å². The van der Waals surface area contributed by atoms with E-state index in [0.29, 0.717) is 12.3 Å². The molecule has 2 atom stereocenters. The molecule has 2 fully saturated rings. The predicted molar refractivity (Wildman–Crippen MR) is 89.1 cm³/mol. The Hall–Kier alpha value is -2.04. The number of hydrogen-bond acceptors (Lipinski definition) is 2. The fourth-order valence-corrected chi connectivity index (χ4v) is 3.32. The van der Waals surface area contributed by atoms with Gasteiger partial charge in [-0.3, -0.25) is 4.79 Å². The van der Waals surface area contributed by atoms with Crippen LogP contribution in [0.2, 0.25) is 0 Å². The Morgan fingerprint density at radius 3 is 2.48 bits per heavy atom. The lowest BCUT2D eigenvalue weighted by atomic mass is 10.0. The molecule has 3 rings (SSSR count). The van der Waals surface area contributed by atoms with E-state index in [9.17, 15) is 9.59 Å². The maximum absolute atomic E-state index is 12.1. The molecule has 1 aromatic rings. The molecule has 1 saturated carbocycles. The van der Waals surface area contributed by atoms with Crippen LogP contribution in [-0.4, -0.2) is 42.0 Å². The normalized spacial score (nSPS) is 24.1. The van der Waals surface area contributed by atoms with Crippen LogP contribution in [0.1, 0.15) is 44.1 Å². The first-order chi connectivity index (χ1) is 11.2. The Morgan fingerprint density at radius 1 is 1.13 bits per heavy atom. The third-order valence-electron chi connectivity index (χ3n) is 4.82. The van der Waals surface area contributed by atoms with E-state index in [1.807, 2.05) is 30.0 Å². The standard InChI is InChI=1S/C18H25N3O2/c1-2-17(22)21-10-8-14(9-11-21)19-18(23)20-16-12-15(16)13-6-4-3-5-7-13/h3-7,14-16H,2,8-12H2,1H3,(H2,19,20,23)/t15-,16+/m0/s1. The van der Waals surface area contributed by atoms with Gasteiger partial charge in [-0.15, -0.1) is 0 Å². The average Bonchev–Trinajstić information content (AvgIpc) is 3.34. The molecule has 0 spiro atoms. The minimum atomic E-state index is -0.0753. The molecule has 1 aromatic carbocycles. The van der Waals surface area contributed by atoms with E-state index < -0.39 is 0 Å². The third-order valence-corrected chi connectivity index (χ3v) is 4.82. The fraction of sp³-hybridized carbons (Fsp3) is 0.556. The van der Waals surface area contributed by atoms with E-state index in [4.69, 9.17) is 0 Å². The SMILES string of the molecule is CCC(=O)N1CCC(NC(=O)N[C@@H]2C[C@H]2c2ccccc2)CC1. The van der Waals surface area contributed by atoms with E-state index in [1.165, 1.54) is 5.56 Å². The number of benzene rings is 1. The molecule has 1 saturated heterocycles. The quantitative estimate of drug-likeness (QED) is 0.895. The Morgan fingerprint density at radius 2 is 1.83 bits per heavy atom. The number of nitrogens with one attached hydrogen (secondary N) is 2. The first-order valence-corrected chi connectivity index (χ1v) is 8.57. The van der Waals surface area contributed by atoms with Gasteiger partial charge in [0.05, 0.1) is 0 Å². The molecular formula is C18H25N3O2. The molecule has 124 valence electrons. The highest BCUT2D eigenvalue weighted by atomic mass is 16.2. The highest BCUT2D eigenvalue weighted by molar-refractivity contribution is 5.76. The number of hydrogen-bond donors (Lipinski definition) is 2. The van der Waals surface area contributed by atoms with Crippen LogP contribution in [0, 0.1) is 0 Å². The average molecular weight is 315 g/mol. The summed E-state index contributed by atoms with van der Waals surface area (Å²) >= 11 is 0. The number of piperidine rings is 1. The summed E-state index contributed by atoms with van der Waals surface area (Å²) in [5, 5.41) is 6.12. The van der Waals surface area contributed by atoms with Gasteiger partial charge in [-0.2, -0.15) is 0 Å². The predicted octanol–water partition coefficient (Wildman–Crippen LogP) is 2.24. The Bertz CT molecular complexity index is 553. The molecule has 0 unspecified atom stereocenters. The van der Waals surface area contributed by atoms with Crippen LogP contribution in [-0.2, 0) is 4.79 Å². The van der Waals surface area contributed by atoms with Crippen molar-refractivity contribution in [3.63, 3.8) is 0 Å². The highest BCUT2D eigenvalue weighted by Gasteiger charge is 2.39. The van der Waals surface area contributed by atoms with Crippen LogP contribution >= 0.6 is 0 Å². The molecule has 2 aliphatic rings. The first kappa shape index (κ1) is 15.8. The van der Waals surface area contributed by atoms with E-state index in [-0.39, 0.29) is 24.0 Å². The third kappa shape index (κ3) is 4.03. The maximum Gasteiger partial charge on any atom is 0.315 e. The van der Waals surface area contributed by atoms with Gasteiger partial charge in [0, 0.05) is 37.5 Å². The van der Waals surface area contributed by atoms with E-state index >= 15 is 0 Å². The van der Waals surface area contributed by atoms with Gasteiger partial charge in [0.1, 0.15) is 0 Å². The lowest BCUT2D eigenvalue weighted by Gasteiger charge is -2.32. The smallest absolute Gasteiger partial charge is 0.315 e. The van der Waals surface area contributed by atoms with Crippen molar-refractivity contribution in [1.29, 1.82) is 0 Å². The van der Waals surface area contributed by atoms with Crippen molar-refractivity contribution in [1.82, 2.24) is 15.5 Å². The second-order valence-electron chi connectivity index (χ2n) is 6.49. The number of urea groups is 1. The van der Waals surface area contributed by atoms with Crippen LogP contribution in [0.25, 0.3) is 0 Å². The number of carbonyl (C=O) groups excluding carboxylic acids is 2. The fourth-order valence-electron chi connectivity index (χ4n) is 3.32. The van der Waals surface area contributed by atoms with E-state index in [1.54, 1.807) is 0 Å². The summed E-state index contributed by atoms with van der Waals surface area (Å²) in [5.74, 6) is 0.655. The van der Waals surface area contributed by atoms with Crippen molar-refractivity contribution >= 4 is 11.9 Å². The van der Waals surface area contributed by atoms with Gasteiger partial charge in [0.15, 0.2) is 0 Å². The zero-order valence-corrected chi connectivity index (χ0v) is 13.6. The highest BCUT2D eigenvalue weighted by Crippen LogP contribution is 2.40. The van der Waals surface area contributed by atoms with Gasteiger partial charge in [-0.25, -0.2) is 4.79 Å². The van der Waals surface area contributed by atoms with Crippen molar-refractivity contribution in [3.05, 3.63) is 35.9 Å². The number of carbonyl (C=O) groups is 2. The van der Waals surface area contributed by atoms with Gasteiger partial charge in [0.2, 0.25) is 5.91 Å². The minimum Gasteiger partial charge on any atom is -0.343 e. The van der Waals surface area contributed by atoms with Crippen LogP contribution in [0.15, 0.2) is 30.3 Å². The van der Waals surface area contributed by atoms with Crippen molar-refractivity contribution in [2.45, 2.75) is 50.6 Å². The van der Waals surface area contributed by atoms with E-state index in [2.05, 4.69) is 22.8 Å². The van der Waals surface area contributed by atoms with E-state index in [0.717, 1.165) is 32.4 Å². The molecule has 0 bridgehead atoms. The second-order valence-corrected chi connectivity index (χ2v) is 6.49. The lowest BCUT2D eigenvalue weighted by Crippen LogP contribution is -2.49. The van der Waals surface area contributed by atoms with Gasteiger partial charge in [0.25, 0.3) is 0 Å². The monoisotopic (exact) mass is 315 g/mol. The summed E-state index contributed by atoms with van der Waals surface area (Å²) in [6.45, 7) is 3.38. The summed E-state index contributed by atoms with van der Waals surface area (Å²) in [6, 6.07) is 10.7. The Balaban J connectivity index is 1.39. The zero-order valence-electron chi connectivity index (χ0n) is 13.6. The Kier molecular flexibility index (Phi) is 4.84. The zero-order chi connectivity index (χ0) is 16.2. The lowest BCUT2D eigenvalue weighted by molar-refractivity contribution is -0.131. The molecule has 23 heavy (non-hydrogen) atoms. The van der Waals surface area contributed by atoms with Gasteiger partial charge < -0.3 is 15.5 Å². The van der Waals surface area contributed by atoms with Crippen LogP contribution in [0.4, 0.5) is 4.79 Å². The molecule has 0 aromatic heterocycles. The van der Waals surface area contributed by atoms with Crippen molar-refractivity contribution in [2.24, 2.45) is 0 Å².